The summed E-state index contributed by atoms with van der Waals surface area (Å²) in [5.74, 6) is -0.858. The third-order valence-corrected chi connectivity index (χ3v) is 7.33. The van der Waals surface area contributed by atoms with E-state index >= 15 is 0 Å². The molecule has 0 unspecified atom stereocenters. The number of urea groups is 1. The molecule has 0 spiro atoms. The lowest BCUT2D eigenvalue weighted by molar-refractivity contribution is -0.122. The first kappa shape index (κ1) is 27.0. The van der Waals surface area contributed by atoms with Crippen molar-refractivity contribution in [2.75, 3.05) is 12.0 Å². The zero-order valence-electron chi connectivity index (χ0n) is 22.5. The van der Waals surface area contributed by atoms with Crippen molar-refractivity contribution in [3.63, 3.8) is 0 Å². The van der Waals surface area contributed by atoms with Gasteiger partial charge < -0.3 is 9.47 Å². The van der Waals surface area contributed by atoms with Crippen molar-refractivity contribution in [2.45, 2.75) is 27.4 Å². The molecule has 202 valence electrons. The first-order valence-corrected chi connectivity index (χ1v) is 13.0. The lowest BCUT2D eigenvalue weighted by Gasteiger charge is -2.27. The highest BCUT2D eigenvalue weighted by Crippen LogP contribution is 2.38. The third kappa shape index (κ3) is 5.03. The van der Waals surface area contributed by atoms with Gasteiger partial charge in [-0.25, -0.2) is 9.69 Å². The maximum atomic E-state index is 13.3. The van der Waals surface area contributed by atoms with Gasteiger partial charge in [0.25, 0.3) is 11.8 Å². The van der Waals surface area contributed by atoms with Crippen LogP contribution in [0, 0.1) is 20.8 Å². The van der Waals surface area contributed by atoms with Crippen LogP contribution in [0.2, 0.25) is 5.02 Å². The molecule has 1 aliphatic heterocycles. The molecule has 4 amide bonds. The SMILES string of the molecule is COc1cc(/C=C2\C(=O)NC(=O)N(c3ccc(C)c(C)c3)C2=O)cc(Cl)c1OCc1c(C)ccc2ccccc12. The molecule has 1 heterocycles. The molecular weight excluding hydrogens is 528 g/mol. The van der Waals surface area contributed by atoms with Gasteiger partial charge in [0.15, 0.2) is 11.5 Å². The molecular formula is C32H27ClN2O5. The Labute approximate surface area is 237 Å². The number of benzene rings is 4. The minimum absolute atomic E-state index is 0.212. The molecule has 8 heteroatoms. The number of fused-ring (bicyclic) bond motifs is 1. The second-order valence-corrected chi connectivity index (χ2v) is 10.0. The maximum Gasteiger partial charge on any atom is 0.335 e. The molecule has 1 saturated heterocycles. The third-order valence-electron chi connectivity index (χ3n) is 7.05. The van der Waals surface area contributed by atoms with E-state index < -0.39 is 17.8 Å². The van der Waals surface area contributed by atoms with E-state index in [4.69, 9.17) is 21.1 Å². The summed E-state index contributed by atoms with van der Waals surface area (Å²) >= 11 is 6.62. The highest BCUT2D eigenvalue weighted by atomic mass is 35.5. The fourth-order valence-corrected chi connectivity index (χ4v) is 4.94. The van der Waals surface area contributed by atoms with Crippen molar-refractivity contribution >= 4 is 52.0 Å². The summed E-state index contributed by atoms with van der Waals surface area (Å²) in [6.45, 7) is 6.10. The highest BCUT2D eigenvalue weighted by Gasteiger charge is 2.37. The Morgan fingerprint density at radius 1 is 0.900 bits per heavy atom. The summed E-state index contributed by atoms with van der Waals surface area (Å²) < 4.78 is 11.7. The van der Waals surface area contributed by atoms with Gasteiger partial charge in [0.2, 0.25) is 0 Å². The van der Waals surface area contributed by atoms with Crippen molar-refractivity contribution in [2.24, 2.45) is 0 Å². The molecule has 40 heavy (non-hydrogen) atoms. The van der Waals surface area contributed by atoms with Crippen molar-refractivity contribution in [1.82, 2.24) is 5.32 Å². The lowest BCUT2D eigenvalue weighted by Crippen LogP contribution is -2.54. The molecule has 1 aliphatic rings. The first-order chi connectivity index (χ1) is 19.2. The zero-order chi connectivity index (χ0) is 28.6. The summed E-state index contributed by atoms with van der Waals surface area (Å²) in [6.07, 6.45) is 1.38. The monoisotopic (exact) mass is 554 g/mol. The number of amides is 4. The van der Waals surface area contributed by atoms with Crippen LogP contribution in [0.3, 0.4) is 0 Å². The normalized spacial score (nSPS) is 14.6. The number of nitrogens with zero attached hydrogens (tertiary/aromatic N) is 1. The zero-order valence-corrected chi connectivity index (χ0v) is 23.3. The molecule has 5 rings (SSSR count). The molecule has 4 aromatic carbocycles. The predicted octanol–water partition coefficient (Wildman–Crippen LogP) is 6.67. The number of ether oxygens (including phenoxy) is 2. The van der Waals surface area contributed by atoms with Crippen molar-refractivity contribution in [3.8, 4) is 11.5 Å². The minimum Gasteiger partial charge on any atom is -0.493 e. The molecule has 0 bridgehead atoms. The molecule has 0 atom stereocenters. The molecule has 7 nitrogen and oxygen atoms in total. The summed E-state index contributed by atoms with van der Waals surface area (Å²) in [6, 6.07) is 19.8. The van der Waals surface area contributed by atoms with E-state index in [1.54, 1.807) is 24.3 Å². The molecule has 0 aromatic heterocycles. The number of imide groups is 2. The van der Waals surface area contributed by atoms with E-state index in [9.17, 15) is 14.4 Å². The second kappa shape index (κ2) is 10.9. The molecule has 0 aliphatic carbocycles. The molecule has 1 fully saturated rings. The number of anilines is 1. The fraction of sp³-hybridized carbons (Fsp3) is 0.156. The Morgan fingerprint density at radius 3 is 2.40 bits per heavy atom. The van der Waals surface area contributed by atoms with Crippen LogP contribution in [0.25, 0.3) is 16.8 Å². The number of hydrogen-bond acceptors (Lipinski definition) is 5. The molecule has 4 aromatic rings. The van der Waals surface area contributed by atoms with E-state index in [1.165, 1.54) is 13.2 Å². The van der Waals surface area contributed by atoms with Crippen molar-refractivity contribution < 1.29 is 23.9 Å². The Kier molecular flexibility index (Phi) is 7.32. The van der Waals surface area contributed by atoms with Crippen LogP contribution >= 0.6 is 11.6 Å². The average Bonchev–Trinajstić information content (AvgIpc) is 2.92. The van der Waals surface area contributed by atoms with Gasteiger partial charge in [-0.2, -0.15) is 0 Å². The van der Waals surface area contributed by atoms with Gasteiger partial charge in [-0.1, -0.05) is 54.1 Å². The molecule has 0 saturated carbocycles. The van der Waals surface area contributed by atoms with E-state index in [0.29, 0.717) is 22.7 Å². The summed E-state index contributed by atoms with van der Waals surface area (Å²) in [4.78, 5) is 39.6. The van der Waals surface area contributed by atoms with E-state index in [-0.39, 0.29) is 17.2 Å². The van der Waals surface area contributed by atoms with Crippen LogP contribution in [0.5, 0.6) is 11.5 Å². The van der Waals surface area contributed by atoms with Crippen LogP contribution in [0.4, 0.5) is 10.5 Å². The summed E-state index contributed by atoms with van der Waals surface area (Å²) in [5.41, 5.74) is 4.63. The number of carbonyl (C=O) groups excluding carboxylic acids is 3. The lowest BCUT2D eigenvalue weighted by atomic mass is 10.0. The number of nitrogens with one attached hydrogen (secondary N) is 1. The quantitative estimate of drug-likeness (QED) is 0.212. The molecule has 1 N–H and O–H groups in total. The standard InChI is InChI=1S/C32H27ClN2O5/c1-18-10-12-23(13-20(18)3)35-31(37)25(30(36)34-32(35)38)14-21-15-27(33)29(28(16-21)39-4)40-17-26-19(2)9-11-22-7-5-6-8-24(22)26/h5-16H,17H2,1-4H3,(H,34,36,38)/b25-14+. The van der Waals surface area contributed by atoms with Crippen molar-refractivity contribution in [1.29, 1.82) is 0 Å². The Hall–Kier alpha value is -4.62. The van der Waals surface area contributed by atoms with Crippen LogP contribution in [0.15, 0.2) is 72.3 Å². The van der Waals surface area contributed by atoms with E-state index in [2.05, 4.69) is 11.4 Å². The first-order valence-electron chi connectivity index (χ1n) is 12.6. The Bertz CT molecular complexity index is 1730. The van der Waals surface area contributed by atoms with Gasteiger partial charge in [0.1, 0.15) is 12.2 Å². The number of aryl methyl sites for hydroxylation is 3. The van der Waals surface area contributed by atoms with E-state index in [1.807, 2.05) is 57.2 Å². The largest absolute Gasteiger partial charge is 0.493 e. The predicted molar refractivity (Wildman–Crippen MR) is 156 cm³/mol. The topological polar surface area (TPSA) is 84.9 Å². The summed E-state index contributed by atoms with van der Waals surface area (Å²) in [5, 5.41) is 4.68. The van der Waals surface area contributed by atoms with Crippen LogP contribution < -0.4 is 19.7 Å². The van der Waals surface area contributed by atoms with Gasteiger partial charge in [0.05, 0.1) is 17.8 Å². The van der Waals surface area contributed by atoms with Gasteiger partial charge in [-0.05, 0) is 84.1 Å². The smallest absolute Gasteiger partial charge is 0.335 e. The van der Waals surface area contributed by atoms with E-state index in [0.717, 1.165) is 37.9 Å². The number of barbiturate groups is 1. The second-order valence-electron chi connectivity index (χ2n) is 9.63. The fourth-order valence-electron chi connectivity index (χ4n) is 4.67. The Balaban J connectivity index is 1.46. The Morgan fingerprint density at radius 2 is 1.65 bits per heavy atom. The number of hydrogen-bond donors (Lipinski definition) is 1. The van der Waals surface area contributed by atoms with Gasteiger partial charge in [-0.15, -0.1) is 0 Å². The number of halogens is 1. The number of methoxy groups -OCH3 is 1. The number of rotatable bonds is 6. The maximum absolute atomic E-state index is 13.3. The van der Waals surface area contributed by atoms with Crippen LogP contribution in [0.1, 0.15) is 27.8 Å². The van der Waals surface area contributed by atoms with Gasteiger partial charge in [0, 0.05) is 5.56 Å². The summed E-state index contributed by atoms with van der Waals surface area (Å²) in [7, 11) is 1.48. The van der Waals surface area contributed by atoms with Crippen LogP contribution in [-0.4, -0.2) is 25.0 Å². The van der Waals surface area contributed by atoms with Crippen LogP contribution in [-0.2, 0) is 16.2 Å². The molecule has 0 radical (unpaired) electrons. The van der Waals surface area contributed by atoms with Gasteiger partial charge >= 0.3 is 6.03 Å². The average molecular weight is 555 g/mol. The minimum atomic E-state index is -0.807. The van der Waals surface area contributed by atoms with Gasteiger partial charge in [-0.3, -0.25) is 14.9 Å². The highest BCUT2D eigenvalue weighted by molar-refractivity contribution is 6.39. The number of carbonyl (C=O) groups is 3. The van der Waals surface area contributed by atoms with Crippen molar-refractivity contribution in [3.05, 3.63) is 105 Å².